The Labute approximate surface area is 144 Å². The Morgan fingerprint density at radius 2 is 2.22 bits per heavy atom. The Balaban J connectivity index is 2.02. The van der Waals surface area contributed by atoms with Crippen LogP contribution in [-0.4, -0.2) is 11.0 Å². The highest BCUT2D eigenvalue weighted by atomic mass is 35.5. The van der Waals surface area contributed by atoms with Crippen LogP contribution in [0.3, 0.4) is 0 Å². The van der Waals surface area contributed by atoms with Gasteiger partial charge in [-0.15, -0.1) is 11.3 Å². The summed E-state index contributed by atoms with van der Waals surface area (Å²) in [5.74, 6) is 1.16. The second-order valence-electron chi connectivity index (χ2n) is 5.84. The van der Waals surface area contributed by atoms with Gasteiger partial charge in [0.1, 0.15) is 10.9 Å². The van der Waals surface area contributed by atoms with Crippen molar-refractivity contribution < 1.29 is 4.42 Å². The number of aryl methyl sites for hydroxylation is 1. The van der Waals surface area contributed by atoms with Crippen molar-refractivity contribution in [3.8, 4) is 0 Å². The summed E-state index contributed by atoms with van der Waals surface area (Å²) in [5, 5.41) is 3.89. The number of pyridine rings is 1. The normalized spacial score (nSPS) is 14.1. The Morgan fingerprint density at radius 1 is 1.43 bits per heavy atom. The second kappa shape index (κ2) is 6.51. The molecule has 3 N–H and O–H groups in total. The number of rotatable bonds is 5. The SMILES string of the molecule is Cc1c(C(C)[C@H](C)N)sc2c(NCc3ccco3)cc(Cl)nc12. The number of fused-ring (bicyclic) bond motifs is 1. The molecule has 1 unspecified atom stereocenters. The van der Waals surface area contributed by atoms with Crippen LogP contribution < -0.4 is 11.1 Å². The fraction of sp³-hybridized carbons (Fsp3) is 0.353. The van der Waals surface area contributed by atoms with E-state index in [4.69, 9.17) is 21.8 Å². The molecule has 0 aliphatic carbocycles. The van der Waals surface area contributed by atoms with Crippen LogP contribution in [0.4, 0.5) is 5.69 Å². The lowest BCUT2D eigenvalue weighted by Gasteiger charge is -2.14. The van der Waals surface area contributed by atoms with E-state index in [9.17, 15) is 0 Å². The number of nitrogens with two attached hydrogens (primary N) is 1. The van der Waals surface area contributed by atoms with Crippen LogP contribution in [0.15, 0.2) is 28.9 Å². The van der Waals surface area contributed by atoms with Crippen molar-refractivity contribution in [1.82, 2.24) is 4.98 Å². The first-order valence-electron chi connectivity index (χ1n) is 7.58. The van der Waals surface area contributed by atoms with Gasteiger partial charge >= 0.3 is 0 Å². The molecule has 0 saturated carbocycles. The molecule has 0 radical (unpaired) electrons. The summed E-state index contributed by atoms with van der Waals surface area (Å²) in [6.45, 7) is 6.88. The molecule has 0 amide bonds. The fourth-order valence-electron chi connectivity index (χ4n) is 2.56. The van der Waals surface area contributed by atoms with Crippen molar-refractivity contribution in [3.05, 3.63) is 45.8 Å². The molecule has 3 aromatic rings. The van der Waals surface area contributed by atoms with Crippen molar-refractivity contribution in [1.29, 1.82) is 0 Å². The first-order valence-corrected chi connectivity index (χ1v) is 8.78. The van der Waals surface area contributed by atoms with E-state index in [2.05, 4.69) is 24.1 Å². The van der Waals surface area contributed by atoms with Crippen molar-refractivity contribution >= 4 is 38.8 Å². The third-order valence-electron chi connectivity index (χ3n) is 4.11. The summed E-state index contributed by atoms with van der Waals surface area (Å²) in [7, 11) is 0. The fourth-order valence-corrected chi connectivity index (χ4v) is 4.16. The van der Waals surface area contributed by atoms with Crippen molar-refractivity contribution in [2.45, 2.75) is 39.3 Å². The Hall–Kier alpha value is -1.56. The van der Waals surface area contributed by atoms with Crippen LogP contribution in [-0.2, 0) is 6.54 Å². The Kier molecular flexibility index (Phi) is 4.62. The molecule has 6 heteroatoms. The molecular weight excluding hydrogens is 330 g/mol. The Bertz CT molecular complexity index is 811. The minimum absolute atomic E-state index is 0.0942. The zero-order valence-corrected chi connectivity index (χ0v) is 15.0. The first-order chi connectivity index (χ1) is 11.0. The number of hydrogen-bond donors (Lipinski definition) is 2. The predicted molar refractivity (Wildman–Crippen MR) is 97.5 cm³/mol. The van der Waals surface area contributed by atoms with Crippen LogP contribution >= 0.6 is 22.9 Å². The zero-order valence-electron chi connectivity index (χ0n) is 13.4. The highest BCUT2D eigenvalue weighted by Gasteiger charge is 2.20. The smallest absolute Gasteiger partial charge is 0.131 e. The number of nitrogens with one attached hydrogen (secondary N) is 1. The van der Waals surface area contributed by atoms with Gasteiger partial charge in [0, 0.05) is 22.9 Å². The number of furan rings is 1. The zero-order chi connectivity index (χ0) is 16.6. The van der Waals surface area contributed by atoms with Gasteiger partial charge in [0.2, 0.25) is 0 Å². The van der Waals surface area contributed by atoms with Crippen LogP contribution in [0, 0.1) is 6.92 Å². The van der Waals surface area contributed by atoms with Gasteiger partial charge in [-0.25, -0.2) is 4.98 Å². The highest BCUT2D eigenvalue weighted by molar-refractivity contribution is 7.20. The topological polar surface area (TPSA) is 64.1 Å². The minimum atomic E-state index is 0.0942. The number of halogens is 1. The van der Waals surface area contributed by atoms with Gasteiger partial charge in [-0.3, -0.25) is 0 Å². The number of thiophene rings is 1. The maximum atomic E-state index is 6.21. The lowest BCUT2D eigenvalue weighted by Crippen LogP contribution is -2.22. The summed E-state index contributed by atoms with van der Waals surface area (Å²) >= 11 is 7.95. The van der Waals surface area contributed by atoms with Gasteiger partial charge in [0.05, 0.1) is 28.7 Å². The molecule has 0 aliphatic rings. The molecule has 122 valence electrons. The molecular formula is C17H20ClN3OS. The molecule has 0 aliphatic heterocycles. The van der Waals surface area contributed by atoms with Crippen LogP contribution in [0.25, 0.3) is 10.2 Å². The van der Waals surface area contributed by atoms with E-state index in [-0.39, 0.29) is 12.0 Å². The lowest BCUT2D eigenvalue weighted by atomic mass is 9.99. The van der Waals surface area contributed by atoms with Crippen LogP contribution in [0.5, 0.6) is 0 Å². The molecule has 23 heavy (non-hydrogen) atoms. The molecule has 2 atom stereocenters. The number of anilines is 1. The monoisotopic (exact) mass is 349 g/mol. The first kappa shape index (κ1) is 16.3. The van der Waals surface area contributed by atoms with E-state index in [0.717, 1.165) is 21.7 Å². The van der Waals surface area contributed by atoms with Crippen LogP contribution in [0.2, 0.25) is 5.15 Å². The highest BCUT2D eigenvalue weighted by Crippen LogP contribution is 2.40. The summed E-state index contributed by atoms with van der Waals surface area (Å²) in [5.41, 5.74) is 9.18. The van der Waals surface area contributed by atoms with Crippen molar-refractivity contribution in [2.24, 2.45) is 5.73 Å². The number of aromatic nitrogens is 1. The average molecular weight is 350 g/mol. The summed E-state index contributed by atoms with van der Waals surface area (Å²) in [6.07, 6.45) is 1.67. The van der Waals surface area contributed by atoms with Gasteiger partial charge in [-0.1, -0.05) is 18.5 Å². The van der Waals surface area contributed by atoms with Crippen molar-refractivity contribution in [2.75, 3.05) is 5.32 Å². The molecule has 0 fully saturated rings. The minimum Gasteiger partial charge on any atom is -0.467 e. The van der Waals surface area contributed by atoms with E-state index in [1.165, 1.54) is 10.4 Å². The molecule has 3 aromatic heterocycles. The molecule has 4 nitrogen and oxygen atoms in total. The van der Waals surface area contributed by atoms with Gasteiger partial charge < -0.3 is 15.5 Å². The number of hydrogen-bond acceptors (Lipinski definition) is 5. The maximum absolute atomic E-state index is 6.21. The van der Waals surface area contributed by atoms with Gasteiger partial charge in [-0.05, 0) is 31.5 Å². The maximum Gasteiger partial charge on any atom is 0.131 e. The van der Waals surface area contributed by atoms with E-state index < -0.39 is 0 Å². The standard InChI is InChI=1S/C17H20ClN3OS/c1-9(11(3)19)16-10(2)15-17(23-16)13(7-14(18)21-15)20-8-12-5-4-6-22-12/h4-7,9,11H,8,19H2,1-3H3,(H,20,21)/t9?,11-/m0/s1. The van der Waals surface area contributed by atoms with Gasteiger partial charge in [0.25, 0.3) is 0 Å². The third-order valence-corrected chi connectivity index (χ3v) is 5.82. The molecule has 3 heterocycles. The predicted octanol–water partition coefficient (Wildman–Crippen LogP) is 4.91. The summed E-state index contributed by atoms with van der Waals surface area (Å²) < 4.78 is 6.48. The largest absolute Gasteiger partial charge is 0.467 e. The van der Waals surface area contributed by atoms with E-state index in [1.807, 2.05) is 25.1 Å². The lowest BCUT2D eigenvalue weighted by molar-refractivity contribution is 0.518. The summed E-state index contributed by atoms with van der Waals surface area (Å²) in [6, 6.07) is 5.78. The summed E-state index contributed by atoms with van der Waals surface area (Å²) in [4.78, 5) is 5.78. The molecule has 0 spiro atoms. The van der Waals surface area contributed by atoms with Crippen molar-refractivity contribution in [3.63, 3.8) is 0 Å². The van der Waals surface area contributed by atoms with Crippen LogP contribution in [0.1, 0.15) is 36.0 Å². The number of nitrogens with zero attached hydrogens (tertiary/aromatic N) is 1. The van der Waals surface area contributed by atoms with Gasteiger partial charge in [0.15, 0.2) is 0 Å². The molecule has 0 aromatic carbocycles. The quantitative estimate of drug-likeness (QED) is 0.642. The van der Waals surface area contributed by atoms with E-state index >= 15 is 0 Å². The van der Waals surface area contributed by atoms with E-state index in [0.29, 0.717) is 11.7 Å². The Morgan fingerprint density at radius 3 is 2.87 bits per heavy atom. The van der Waals surface area contributed by atoms with Gasteiger partial charge in [-0.2, -0.15) is 0 Å². The molecule has 3 rings (SSSR count). The molecule has 0 saturated heterocycles. The van der Waals surface area contributed by atoms with E-state index in [1.54, 1.807) is 17.6 Å². The molecule has 0 bridgehead atoms. The second-order valence-corrected chi connectivity index (χ2v) is 7.28. The average Bonchev–Trinajstić information content (AvgIpc) is 3.13. The third kappa shape index (κ3) is 3.22.